The van der Waals surface area contributed by atoms with Crippen LogP contribution >= 0.6 is 11.3 Å². The Labute approximate surface area is 179 Å². The second kappa shape index (κ2) is 7.31. The fourth-order valence-corrected chi connectivity index (χ4v) is 6.21. The number of nitrogens with zero attached hydrogens (tertiary/aromatic N) is 4. The number of amides is 1. The second-order valence-electron chi connectivity index (χ2n) is 7.81. The molecule has 0 bridgehead atoms. The Hall–Kier alpha value is -2.52. The first kappa shape index (κ1) is 19.4. The van der Waals surface area contributed by atoms with Crippen LogP contribution in [0, 0.1) is 0 Å². The minimum absolute atomic E-state index is 0.135. The van der Waals surface area contributed by atoms with E-state index in [1.807, 2.05) is 0 Å². The summed E-state index contributed by atoms with van der Waals surface area (Å²) in [7, 11) is -3.35. The number of anilines is 1. The van der Waals surface area contributed by atoms with E-state index in [-0.39, 0.29) is 10.8 Å². The monoisotopic (exact) mass is 442 g/mol. The van der Waals surface area contributed by atoms with Gasteiger partial charge in [-0.3, -0.25) is 4.79 Å². The molecule has 0 unspecified atom stereocenters. The van der Waals surface area contributed by atoms with Crippen molar-refractivity contribution in [3.63, 3.8) is 0 Å². The van der Waals surface area contributed by atoms with Crippen molar-refractivity contribution in [2.75, 3.05) is 37.3 Å². The maximum Gasteiger partial charge on any atom is 0.254 e. The number of piperazine rings is 1. The topological polar surface area (TPSA) is 83.5 Å². The van der Waals surface area contributed by atoms with E-state index in [2.05, 4.69) is 14.9 Å². The molecule has 5 rings (SSSR count). The summed E-state index contributed by atoms with van der Waals surface area (Å²) in [6.45, 7) is 2.52. The number of hydrogen-bond donors (Lipinski definition) is 0. The van der Waals surface area contributed by atoms with Crippen LogP contribution in [-0.2, 0) is 22.7 Å². The standard InChI is InChI=1S/C21H22N4O3S2/c1-30(27,28)15-5-2-4-14(12-15)21(26)25-10-8-24(9-11-25)19-18-16-6-3-7-17(16)29-20(18)23-13-22-19/h2,4-5,12-13H,3,6-11H2,1H3. The van der Waals surface area contributed by atoms with Crippen molar-refractivity contribution in [3.05, 3.63) is 46.6 Å². The molecule has 1 saturated heterocycles. The van der Waals surface area contributed by atoms with Crippen molar-refractivity contribution in [3.8, 4) is 0 Å². The molecule has 0 radical (unpaired) electrons. The van der Waals surface area contributed by atoms with Crippen LogP contribution in [0.3, 0.4) is 0 Å². The minimum atomic E-state index is -3.35. The van der Waals surface area contributed by atoms with Gasteiger partial charge in [-0.2, -0.15) is 0 Å². The molecule has 1 fully saturated rings. The van der Waals surface area contributed by atoms with E-state index in [1.165, 1.54) is 34.4 Å². The summed E-state index contributed by atoms with van der Waals surface area (Å²) in [6.07, 6.45) is 6.20. The molecule has 3 heterocycles. The predicted molar refractivity (Wildman–Crippen MR) is 117 cm³/mol. The van der Waals surface area contributed by atoms with Crippen LogP contribution in [0.5, 0.6) is 0 Å². The van der Waals surface area contributed by atoms with Gasteiger partial charge in [-0.05, 0) is 43.0 Å². The largest absolute Gasteiger partial charge is 0.352 e. The van der Waals surface area contributed by atoms with Gasteiger partial charge in [-0.15, -0.1) is 11.3 Å². The lowest BCUT2D eigenvalue weighted by atomic mass is 10.1. The molecule has 2 aliphatic rings. The van der Waals surface area contributed by atoms with Crippen LogP contribution in [0.15, 0.2) is 35.5 Å². The number of rotatable bonds is 3. The maximum absolute atomic E-state index is 12.9. The van der Waals surface area contributed by atoms with E-state index in [1.54, 1.807) is 34.7 Å². The molecule has 0 spiro atoms. The first-order valence-electron chi connectivity index (χ1n) is 10.0. The Bertz CT molecular complexity index is 1240. The molecule has 0 atom stereocenters. The van der Waals surface area contributed by atoms with E-state index in [4.69, 9.17) is 0 Å². The number of benzene rings is 1. The third-order valence-corrected chi connectivity index (χ3v) is 8.17. The number of hydrogen-bond acceptors (Lipinski definition) is 7. The van der Waals surface area contributed by atoms with Gasteiger partial charge in [0.15, 0.2) is 9.84 Å². The highest BCUT2D eigenvalue weighted by atomic mass is 32.2. The van der Waals surface area contributed by atoms with Crippen molar-refractivity contribution in [1.29, 1.82) is 0 Å². The molecule has 2 aromatic heterocycles. The number of aromatic nitrogens is 2. The zero-order valence-electron chi connectivity index (χ0n) is 16.7. The molecular weight excluding hydrogens is 420 g/mol. The second-order valence-corrected chi connectivity index (χ2v) is 10.9. The van der Waals surface area contributed by atoms with Crippen LogP contribution < -0.4 is 4.90 Å². The molecule has 3 aromatic rings. The fraction of sp³-hybridized carbons (Fsp3) is 0.381. The number of thiophene rings is 1. The van der Waals surface area contributed by atoms with Gasteiger partial charge in [-0.25, -0.2) is 18.4 Å². The zero-order valence-corrected chi connectivity index (χ0v) is 18.3. The van der Waals surface area contributed by atoms with Gasteiger partial charge >= 0.3 is 0 Å². The molecule has 30 heavy (non-hydrogen) atoms. The molecule has 156 valence electrons. The average molecular weight is 443 g/mol. The Balaban J connectivity index is 1.35. The molecule has 1 aromatic carbocycles. The van der Waals surface area contributed by atoms with Crippen LogP contribution in [0.4, 0.5) is 5.82 Å². The number of sulfone groups is 1. The van der Waals surface area contributed by atoms with Crippen LogP contribution in [0.25, 0.3) is 10.2 Å². The molecular formula is C21H22N4O3S2. The number of carbonyl (C=O) groups is 1. The van der Waals surface area contributed by atoms with Gasteiger partial charge < -0.3 is 9.80 Å². The summed E-state index contributed by atoms with van der Waals surface area (Å²) in [5.74, 6) is 0.843. The van der Waals surface area contributed by atoms with Gasteiger partial charge in [0.1, 0.15) is 17.0 Å². The van der Waals surface area contributed by atoms with Crippen molar-refractivity contribution in [2.24, 2.45) is 0 Å². The van der Waals surface area contributed by atoms with E-state index >= 15 is 0 Å². The molecule has 0 N–H and O–H groups in total. The zero-order chi connectivity index (χ0) is 20.9. The van der Waals surface area contributed by atoms with E-state index < -0.39 is 9.84 Å². The Morgan fingerprint density at radius 1 is 1.10 bits per heavy atom. The van der Waals surface area contributed by atoms with Gasteiger partial charge in [0.05, 0.1) is 10.3 Å². The van der Waals surface area contributed by atoms with Crippen molar-refractivity contribution >= 4 is 43.1 Å². The highest BCUT2D eigenvalue weighted by Crippen LogP contribution is 2.40. The Morgan fingerprint density at radius 3 is 2.67 bits per heavy atom. The lowest BCUT2D eigenvalue weighted by molar-refractivity contribution is 0.0746. The van der Waals surface area contributed by atoms with E-state index in [0.717, 1.165) is 29.7 Å². The lowest BCUT2D eigenvalue weighted by Gasteiger charge is -2.35. The fourth-order valence-electron chi connectivity index (χ4n) is 4.32. The first-order valence-corrected chi connectivity index (χ1v) is 12.7. The van der Waals surface area contributed by atoms with Crippen LogP contribution in [0.2, 0.25) is 0 Å². The summed E-state index contributed by atoms with van der Waals surface area (Å²) in [6, 6.07) is 6.27. The van der Waals surface area contributed by atoms with Crippen molar-refractivity contribution in [2.45, 2.75) is 24.2 Å². The highest BCUT2D eigenvalue weighted by Gasteiger charge is 2.27. The Morgan fingerprint density at radius 2 is 1.90 bits per heavy atom. The highest BCUT2D eigenvalue weighted by molar-refractivity contribution is 7.90. The van der Waals surface area contributed by atoms with Crippen molar-refractivity contribution < 1.29 is 13.2 Å². The summed E-state index contributed by atoms with van der Waals surface area (Å²) in [5.41, 5.74) is 1.81. The van der Waals surface area contributed by atoms with Crippen LogP contribution in [0.1, 0.15) is 27.2 Å². The summed E-state index contributed by atoms with van der Waals surface area (Å²) in [5, 5.41) is 1.19. The molecule has 7 nitrogen and oxygen atoms in total. The minimum Gasteiger partial charge on any atom is -0.352 e. The molecule has 1 aliphatic carbocycles. The molecule has 1 aliphatic heterocycles. The maximum atomic E-state index is 12.9. The van der Waals surface area contributed by atoms with Gasteiger partial charge in [0.2, 0.25) is 0 Å². The molecule has 0 saturated carbocycles. The third-order valence-electron chi connectivity index (χ3n) is 5.86. The summed E-state index contributed by atoms with van der Waals surface area (Å²) >= 11 is 1.78. The van der Waals surface area contributed by atoms with E-state index in [0.29, 0.717) is 31.7 Å². The van der Waals surface area contributed by atoms with Gasteiger partial charge in [-0.1, -0.05) is 6.07 Å². The number of carbonyl (C=O) groups excluding carboxylic acids is 1. The first-order chi connectivity index (χ1) is 14.4. The molecule has 1 amide bonds. The quantitative estimate of drug-likeness (QED) is 0.620. The Kier molecular flexibility index (Phi) is 4.74. The van der Waals surface area contributed by atoms with Crippen molar-refractivity contribution in [1.82, 2.24) is 14.9 Å². The SMILES string of the molecule is CS(=O)(=O)c1cccc(C(=O)N2CCN(c3ncnc4sc5c(c34)CCC5)CC2)c1. The summed E-state index contributed by atoms with van der Waals surface area (Å²) < 4.78 is 23.6. The van der Waals surface area contributed by atoms with E-state index in [9.17, 15) is 13.2 Å². The average Bonchev–Trinajstić information content (AvgIpc) is 3.34. The number of fused-ring (bicyclic) bond motifs is 3. The summed E-state index contributed by atoms with van der Waals surface area (Å²) in [4.78, 5) is 28.7. The third kappa shape index (κ3) is 3.35. The van der Waals surface area contributed by atoms with Crippen LogP contribution in [-0.4, -0.2) is 61.6 Å². The molecule has 9 heteroatoms. The predicted octanol–water partition coefficient (Wildman–Crippen LogP) is 2.55. The smallest absolute Gasteiger partial charge is 0.254 e. The normalized spacial score (nSPS) is 16.8. The van der Waals surface area contributed by atoms with Gasteiger partial charge in [0, 0.05) is 42.9 Å². The van der Waals surface area contributed by atoms with Gasteiger partial charge in [0.25, 0.3) is 5.91 Å². The number of aryl methyl sites for hydroxylation is 2. The lowest BCUT2D eigenvalue weighted by Crippen LogP contribution is -2.49.